The van der Waals surface area contributed by atoms with E-state index >= 15 is 0 Å². The van der Waals surface area contributed by atoms with Gasteiger partial charge in [0.05, 0.1) is 19.9 Å². The Morgan fingerprint density at radius 3 is 2.12 bits per heavy atom. The van der Waals surface area contributed by atoms with Gasteiger partial charge in [0.15, 0.2) is 5.11 Å². The van der Waals surface area contributed by atoms with Crippen molar-refractivity contribution in [1.82, 2.24) is 4.90 Å². The van der Waals surface area contributed by atoms with Crippen LogP contribution in [0.2, 0.25) is 0 Å². The van der Waals surface area contributed by atoms with E-state index in [2.05, 4.69) is 24.1 Å². The molecule has 1 rings (SSSR count). The molecule has 0 saturated carbocycles. The SMILES string of the molecule is CCCCCN(CCCCC)C(=S)Nc1ccc(OC)cc1OC. The van der Waals surface area contributed by atoms with Crippen molar-refractivity contribution >= 4 is 23.0 Å². The lowest BCUT2D eigenvalue weighted by atomic mass is 10.2. The van der Waals surface area contributed by atoms with E-state index in [-0.39, 0.29) is 0 Å². The van der Waals surface area contributed by atoms with Gasteiger partial charge in [0, 0.05) is 19.2 Å². The molecule has 0 radical (unpaired) electrons. The highest BCUT2D eigenvalue weighted by Crippen LogP contribution is 2.29. The summed E-state index contributed by atoms with van der Waals surface area (Å²) in [4.78, 5) is 2.28. The fourth-order valence-corrected chi connectivity index (χ4v) is 2.81. The van der Waals surface area contributed by atoms with Crippen molar-refractivity contribution < 1.29 is 9.47 Å². The second-order valence-electron chi connectivity index (χ2n) is 5.90. The minimum absolute atomic E-state index is 0.735. The minimum Gasteiger partial charge on any atom is -0.497 e. The number of methoxy groups -OCH3 is 2. The van der Waals surface area contributed by atoms with E-state index < -0.39 is 0 Å². The topological polar surface area (TPSA) is 33.7 Å². The lowest BCUT2D eigenvalue weighted by Gasteiger charge is -2.26. The molecular weight excluding hydrogens is 320 g/mol. The first-order valence-corrected chi connectivity index (χ1v) is 9.35. The average molecular weight is 353 g/mol. The Kier molecular flexibility index (Phi) is 10.2. The fourth-order valence-electron chi connectivity index (χ4n) is 2.52. The molecule has 0 heterocycles. The number of nitrogens with zero attached hydrogens (tertiary/aromatic N) is 1. The molecule has 0 saturated heterocycles. The van der Waals surface area contributed by atoms with Crippen molar-refractivity contribution in [3.63, 3.8) is 0 Å². The number of unbranched alkanes of at least 4 members (excludes halogenated alkanes) is 4. The Bertz CT molecular complexity index is 484. The largest absolute Gasteiger partial charge is 0.497 e. The van der Waals surface area contributed by atoms with E-state index in [0.717, 1.165) is 35.4 Å². The van der Waals surface area contributed by atoms with Crippen molar-refractivity contribution in [2.45, 2.75) is 52.4 Å². The summed E-state index contributed by atoms with van der Waals surface area (Å²) in [6, 6.07) is 5.72. The van der Waals surface area contributed by atoms with E-state index in [9.17, 15) is 0 Å². The summed E-state index contributed by atoms with van der Waals surface area (Å²) in [6.45, 7) is 6.45. The number of rotatable bonds is 11. The van der Waals surface area contributed by atoms with Crippen molar-refractivity contribution in [3.8, 4) is 11.5 Å². The van der Waals surface area contributed by atoms with Gasteiger partial charge >= 0.3 is 0 Å². The smallest absolute Gasteiger partial charge is 0.173 e. The average Bonchev–Trinajstić information content (AvgIpc) is 2.60. The summed E-state index contributed by atoms with van der Waals surface area (Å²) in [7, 11) is 3.30. The third kappa shape index (κ3) is 6.95. The molecule has 5 heteroatoms. The molecule has 0 aliphatic rings. The number of hydrogen-bond donors (Lipinski definition) is 1. The third-order valence-electron chi connectivity index (χ3n) is 4.00. The van der Waals surface area contributed by atoms with Gasteiger partial charge < -0.3 is 19.7 Å². The minimum atomic E-state index is 0.735. The number of nitrogens with one attached hydrogen (secondary N) is 1. The van der Waals surface area contributed by atoms with Crippen LogP contribution in [0.15, 0.2) is 18.2 Å². The molecule has 0 aromatic heterocycles. The van der Waals surface area contributed by atoms with Gasteiger partial charge in [-0.15, -0.1) is 0 Å². The van der Waals surface area contributed by atoms with E-state index in [0.29, 0.717) is 0 Å². The Morgan fingerprint density at radius 2 is 1.62 bits per heavy atom. The molecule has 0 atom stereocenters. The maximum atomic E-state index is 5.65. The van der Waals surface area contributed by atoms with Crippen LogP contribution in [0.1, 0.15) is 52.4 Å². The highest BCUT2D eigenvalue weighted by Gasteiger charge is 2.12. The fraction of sp³-hybridized carbons (Fsp3) is 0.632. The second kappa shape index (κ2) is 12.0. The molecule has 0 amide bonds. The van der Waals surface area contributed by atoms with Crippen LogP contribution in [0.3, 0.4) is 0 Å². The van der Waals surface area contributed by atoms with Gasteiger partial charge in [-0.1, -0.05) is 39.5 Å². The normalized spacial score (nSPS) is 10.3. The van der Waals surface area contributed by atoms with Crippen LogP contribution in [0.5, 0.6) is 11.5 Å². The van der Waals surface area contributed by atoms with Crippen molar-refractivity contribution in [3.05, 3.63) is 18.2 Å². The molecule has 4 nitrogen and oxygen atoms in total. The molecular formula is C19H32N2O2S. The van der Waals surface area contributed by atoms with Gasteiger partial charge in [0.25, 0.3) is 0 Å². The molecule has 0 fully saturated rings. The summed E-state index contributed by atoms with van der Waals surface area (Å²) >= 11 is 5.65. The van der Waals surface area contributed by atoms with Crippen LogP contribution >= 0.6 is 12.2 Å². The van der Waals surface area contributed by atoms with Crippen LogP contribution in [-0.2, 0) is 0 Å². The first-order chi connectivity index (χ1) is 11.7. The molecule has 0 aliphatic carbocycles. The summed E-state index contributed by atoms with van der Waals surface area (Å²) in [5.41, 5.74) is 0.874. The number of benzene rings is 1. The molecule has 1 aromatic carbocycles. The third-order valence-corrected chi connectivity index (χ3v) is 4.36. The lowest BCUT2D eigenvalue weighted by molar-refractivity contribution is 0.391. The number of thiocarbonyl (C=S) groups is 1. The Morgan fingerprint density at radius 1 is 1.00 bits per heavy atom. The highest BCUT2D eigenvalue weighted by molar-refractivity contribution is 7.80. The zero-order chi connectivity index (χ0) is 17.8. The predicted molar refractivity (Wildman–Crippen MR) is 106 cm³/mol. The molecule has 1 aromatic rings. The van der Waals surface area contributed by atoms with Gasteiger partial charge in [-0.2, -0.15) is 0 Å². The van der Waals surface area contributed by atoms with Crippen molar-refractivity contribution in [2.24, 2.45) is 0 Å². The number of ether oxygens (including phenoxy) is 2. The maximum Gasteiger partial charge on any atom is 0.173 e. The molecule has 0 spiro atoms. The van der Waals surface area contributed by atoms with E-state index in [1.54, 1.807) is 14.2 Å². The second-order valence-corrected chi connectivity index (χ2v) is 6.28. The van der Waals surface area contributed by atoms with Gasteiger partial charge in [-0.25, -0.2) is 0 Å². The zero-order valence-corrected chi connectivity index (χ0v) is 16.4. The summed E-state index contributed by atoms with van der Waals surface area (Å²) in [5, 5.41) is 4.11. The van der Waals surface area contributed by atoms with Crippen molar-refractivity contribution in [2.75, 3.05) is 32.6 Å². The quantitative estimate of drug-likeness (QED) is 0.443. The molecule has 0 aliphatic heterocycles. The monoisotopic (exact) mass is 352 g/mol. The Hall–Kier alpha value is -1.49. The van der Waals surface area contributed by atoms with Gasteiger partial charge in [-0.05, 0) is 37.2 Å². The van der Waals surface area contributed by atoms with Crippen LogP contribution in [0.4, 0.5) is 5.69 Å². The first kappa shape index (κ1) is 20.6. The Balaban J connectivity index is 2.74. The van der Waals surface area contributed by atoms with Crippen LogP contribution in [-0.4, -0.2) is 37.3 Å². The molecule has 136 valence electrons. The number of anilines is 1. The molecule has 1 N–H and O–H groups in total. The summed E-state index contributed by atoms with van der Waals surface area (Å²) < 4.78 is 10.7. The first-order valence-electron chi connectivity index (χ1n) is 8.94. The predicted octanol–water partition coefficient (Wildman–Crippen LogP) is 5.08. The van der Waals surface area contributed by atoms with Crippen molar-refractivity contribution in [1.29, 1.82) is 0 Å². The highest BCUT2D eigenvalue weighted by atomic mass is 32.1. The zero-order valence-electron chi connectivity index (χ0n) is 15.6. The standard InChI is InChI=1S/C19H32N2O2S/c1-5-7-9-13-21(14-10-8-6-2)19(24)20-17-12-11-16(22-3)15-18(17)23-4/h11-12,15H,5-10,13-14H2,1-4H3,(H,20,24). The van der Waals surface area contributed by atoms with Gasteiger partial charge in [0.1, 0.15) is 11.5 Å². The van der Waals surface area contributed by atoms with E-state index in [4.69, 9.17) is 21.7 Å². The van der Waals surface area contributed by atoms with Crippen LogP contribution < -0.4 is 14.8 Å². The van der Waals surface area contributed by atoms with E-state index in [1.165, 1.54) is 38.5 Å². The van der Waals surface area contributed by atoms with E-state index in [1.807, 2.05) is 18.2 Å². The van der Waals surface area contributed by atoms with Crippen LogP contribution in [0.25, 0.3) is 0 Å². The molecule has 0 unspecified atom stereocenters. The number of hydrogen-bond acceptors (Lipinski definition) is 3. The summed E-state index contributed by atoms with van der Waals surface area (Å²) in [6.07, 6.45) is 7.25. The van der Waals surface area contributed by atoms with Gasteiger partial charge in [0.2, 0.25) is 0 Å². The van der Waals surface area contributed by atoms with Crippen LogP contribution in [0, 0.1) is 0 Å². The lowest BCUT2D eigenvalue weighted by Crippen LogP contribution is -2.36. The molecule has 24 heavy (non-hydrogen) atoms. The molecule has 0 bridgehead atoms. The summed E-state index contributed by atoms with van der Waals surface area (Å²) in [5.74, 6) is 1.50. The maximum absolute atomic E-state index is 5.65. The van der Waals surface area contributed by atoms with Gasteiger partial charge in [-0.3, -0.25) is 0 Å². The Labute approximate surface area is 152 Å².